The number of ether oxygens (including phenoxy) is 1. The van der Waals surface area contributed by atoms with E-state index in [-0.39, 0.29) is 0 Å². The van der Waals surface area contributed by atoms with Crippen LogP contribution in [0.3, 0.4) is 0 Å². The molecule has 2 aliphatic carbocycles. The molecule has 2 heteroatoms. The average molecular weight is 245 g/mol. The molecule has 0 heterocycles. The Morgan fingerprint density at radius 1 is 1.28 bits per heavy atom. The molecule has 1 aromatic carbocycles. The lowest BCUT2D eigenvalue weighted by Gasteiger charge is -2.35. The predicted molar refractivity (Wildman–Crippen MR) is 73.7 cm³/mol. The van der Waals surface area contributed by atoms with Gasteiger partial charge < -0.3 is 10.1 Å². The Morgan fingerprint density at radius 3 is 2.83 bits per heavy atom. The molecule has 98 valence electrons. The highest BCUT2D eigenvalue weighted by atomic mass is 16.5. The van der Waals surface area contributed by atoms with Crippen molar-refractivity contribution in [1.29, 1.82) is 0 Å². The van der Waals surface area contributed by atoms with Gasteiger partial charge in [0, 0.05) is 19.2 Å². The summed E-state index contributed by atoms with van der Waals surface area (Å²) in [5, 5.41) is 3.63. The number of rotatable bonds is 6. The standard InChI is InChI=1S/C16H23NO/c1-2-18-16-9-15(10-16)17-11-12-4-3-5-14(8-12)13-6-7-13/h3-5,8,13,15-17H,2,6-7,9-11H2,1H3. The molecule has 0 amide bonds. The minimum absolute atomic E-state index is 0.505. The molecule has 2 saturated carbocycles. The topological polar surface area (TPSA) is 21.3 Å². The van der Waals surface area contributed by atoms with E-state index in [1.165, 1.54) is 36.8 Å². The van der Waals surface area contributed by atoms with Gasteiger partial charge in [0.2, 0.25) is 0 Å². The smallest absolute Gasteiger partial charge is 0.0604 e. The van der Waals surface area contributed by atoms with Crippen LogP contribution in [-0.2, 0) is 11.3 Å². The maximum absolute atomic E-state index is 5.58. The molecule has 1 N–H and O–H groups in total. The van der Waals surface area contributed by atoms with Gasteiger partial charge in [-0.1, -0.05) is 24.3 Å². The lowest BCUT2D eigenvalue weighted by molar-refractivity contribution is -0.0102. The number of benzene rings is 1. The van der Waals surface area contributed by atoms with Crippen molar-refractivity contribution in [3.8, 4) is 0 Å². The van der Waals surface area contributed by atoms with Gasteiger partial charge in [0.1, 0.15) is 0 Å². The fourth-order valence-electron chi connectivity index (χ4n) is 2.74. The van der Waals surface area contributed by atoms with Crippen LogP contribution in [0, 0.1) is 0 Å². The summed E-state index contributed by atoms with van der Waals surface area (Å²) in [6, 6.07) is 9.75. The highest BCUT2D eigenvalue weighted by Gasteiger charge is 2.29. The first-order valence-corrected chi connectivity index (χ1v) is 7.29. The molecule has 18 heavy (non-hydrogen) atoms. The van der Waals surface area contributed by atoms with Crippen molar-refractivity contribution in [3.63, 3.8) is 0 Å². The van der Waals surface area contributed by atoms with E-state index in [4.69, 9.17) is 4.74 Å². The van der Waals surface area contributed by atoms with E-state index >= 15 is 0 Å². The van der Waals surface area contributed by atoms with Gasteiger partial charge in [-0.05, 0) is 49.7 Å². The van der Waals surface area contributed by atoms with Gasteiger partial charge in [-0.2, -0.15) is 0 Å². The van der Waals surface area contributed by atoms with Crippen LogP contribution in [0.25, 0.3) is 0 Å². The third kappa shape index (κ3) is 2.93. The summed E-state index contributed by atoms with van der Waals surface area (Å²) in [5.74, 6) is 0.857. The van der Waals surface area contributed by atoms with Gasteiger partial charge >= 0.3 is 0 Å². The summed E-state index contributed by atoms with van der Waals surface area (Å²) in [5.41, 5.74) is 2.97. The Balaban J connectivity index is 1.44. The Morgan fingerprint density at radius 2 is 2.11 bits per heavy atom. The first-order valence-electron chi connectivity index (χ1n) is 7.29. The minimum Gasteiger partial charge on any atom is -0.378 e. The average Bonchev–Trinajstić information content (AvgIpc) is 3.16. The zero-order valence-corrected chi connectivity index (χ0v) is 11.2. The van der Waals surface area contributed by atoms with Crippen molar-refractivity contribution < 1.29 is 4.74 Å². The van der Waals surface area contributed by atoms with Crippen LogP contribution >= 0.6 is 0 Å². The zero-order valence-electron chi connectivity index (χ0n) is 11.2. The second-order valence-electron chi connectivity index (χ2n) is 5.65. The van der Waals surface area contributed by atoms with Crippen LogP contribution in [-0.4, -0.2) is 18.8 Å². The highest BCUT2D eigenvalue weighted by Crippen LogP contribution is 2.40. The third-order valence-electron chi connectivity index (χ3n) is 4.09. The molecule has 0 radical (unpaired) electrons. The molecule has 0 aliphatic heterocycles. The second kappa shape index (κ2) is 5.41. The molecule has 0 bridgehead atoms. The molecule has 0 aromatic heterocycles. The second-order valence-corrected chi connectivity index (χ2v) is 5.65. The summed E-state index contributed by atoms with van der Waals surface area (Å²) in [7, 11) is 0. The van der Waals surface area contributed by atoms with Crippen LogP contribution < -0.4 is 5.32 Å². The van der Waals surface area contributed by atoms with E-state index in [1.54, 1.807) is 0 Å². The van der Waals surface area contributed by atoms with Crippen molar-refractivity contribution >= 4 is 0 Å². The minimum atomic E-state index is 0.505. The van der Waals surface area contributed by atoms with E-state index < -0.39 is 0 Å². The van der Waals surface area contributed by atoms with Crippen LogP contribution in [0.2, 0.25) is 0 Å². The molecular formula is C16H23NO. The predicted octanol–water partition coefficient (Wildman–Crippen LogP) is 3.22. The van der Waals surface area contributed by atoms with Gasteiger partial charge in [0.25, 0.3) is 0 Å². The van der Waals surface area contributed by atoms with Crippen LogP contribution in [0.1, 0.15) is 49.7 Å². The van der Waals surface area contributed by atoms with Gasteiger partial charge in [-0.3, -0.25) is 0 Å². The summed E-state index contributed by atoms with van der Waals surface area (Å²) >= 11 is 0. The fourth-order valence-corrected chi connectivity index (χ4v) is 2.74. The van der Waals surface area contributed by atoms with Gasteiger partial charge in [-0.15, -0.1) is 0 Å². The van der Waals surface area contributed by atoms with Gasteiger partial charge in [0.05, 0.1) is 6.10 Å². The van der Waals surface area contributed by atoms with Gasteiger partial charge in [0.15, 0.2) is 0 Å². The van der Waals surface area contributed by atoms with Crippen LogP contribution in [0.15, 0.2) is 24.3 Å². The van der Waals surface area contributed by atoms with E-state index in [9.17, 15) is 0 Å². The third-order valence-corrected chi connectivity index (χ3v) is 4.09. The number of hydrogen-bond acceptors (Lipinski definition) is 2. The lowest BCUT2D eigenvalue weighted by atomic mass is 9.89. The van der Waals surface area contributed by atoms with E-state index in [0.717, 1.165) is 19.1 Å². The van der Waals surface area contributed by atoms with Crippen molar-refractivity contribution in [2.24, 2.45) is 0 Å². The number of hydrogen-bond donors (Lipinski definition) is 1. The Labute approximate surface area is 110 Å². The Bertz CT molecular complexity index is 394. The summed E-state index contributed by atoms with van der Waals surface area (Å²) in [6.07, 6.45) is 5.63. The van der Waals surface area contributed by atoms with Gasteiger partial charge in [-0.25, -0.2) is 0 Å². The summed E-state index contributed by atoms with van der Waals surface area (Å²) in [4.78, 5) is 0. The normalized spacial score (nSPS) is 26.9. The number of nitrogens with one attached hydrogen (secondary N) is 1. The summed E-state index contributed by atoms with van der Waals surface area (Å²) < 4.78 is 5.58. The van der Waals surface area contributed by atoms with Crippen LogP contribution in [0.4, 0.5) is 0 Å². The molecule has 0 unspecified atom stereocenters. The maximum Gasteiger partial charge on any atom is 0.0604 e. The molecule has 1 aromatic rings. The maximum atomic E-state index is 5.58. The molecule has 0 spiro atoms. The first kappa shape index (κ1) is 12.2. The zero-order chi connectivity index (χ0) is 12.4. The molecule has 2 fully saturated rings. The molecule has 2 nitrogen and oxygen atoms in total. The highest BCUT2D eigenvalue weighted by molar-refractivity contribution is 5.29. The SMILES string of the molecule is CCOC1CC(NCc2cccc(C3CC3)c2)C1. The van der Waals surface area contributed by atoms with Crippen molar-refractivity contribution in [2.45, 2.75) is 57.2 Å². The molecule has 0 atom stereocenters. The largest absolute Gasteiger partial charge is 0.378 e. The van der Waals surface area contributed by atoms with Crippen molar-refractivity contribution in [2.75, 3.05) is 6.61 Å². The van der Waals surface area contributed by atoms with Crippen LogP contribution in [0.5, 0.6) is 0 Å². The molecular weight excluding hydrogens is 222 g/mol. The molecule has 3 rings (SSSR count). The monoisotopic (exact) mass is 245 g/mol. The van der Waals surface area contributed by atoms with E-state index in [2.05, 4.69) is 36.5 Å². The first-order chi connectivity index (χ1) is 8.85. The van der Waals surface area contributed by atoms with E-state index in [0.29, 0.717) is 12.1 Å². The van der Waals surface area contributed by atoms with E-state index in [1.807, 2.05) is 0 Å². The Hall–Kier alpha value is -0.860. The summed E-state index contributed by atoms with van der Waals surface area (Å²) in [6.45, 7) is 3.93. The quantitative estimate of drug-likeness (QED) is 0.831. The fraction of sp³-hybridized carbons (Fsp3) is 0.625. The molecule has 2 aliphatic rings. The van der Waals surface area contributed by atoms with Crippen molar-refractivity contribution in [1.82, 2.24) is 5.32 Å². The Kier molecular flexibility index (Phi) is 3.67. The van der Waals surface area contributed by atoms with Crippen molar-refractivity contribution in [3.05, 3.63) is 35.4 Å². The molecule has 0 saturated heterocycles. The lowest BCUT2D eigenvalue weighted by Crippen LogP contribution is -2.45.